The molecule has 2 atom stereocenters. The maximum atomic E-state index is 12.2. The predicted molar refractivity (Wildman–Crippen MR) is 73.5 cm³/mol. The molecule has 0 radical (unpaired) electrons. The average molecular weight is 267 g/mol. The van der Waals surface area contributed by atoms with Crippen molar-refractivity contribution in [2.24, 2.45) is 11.7 Å². The van der Waals surface area contributed by atoms with E-state index in [4.69, 9.17) is 17.3 Å². The van der Waals surface area contributed by atoms with E-state index in [0.29, 0.717) is 23.9 Å². The molecular formula is C14H19ClN2O. The molecule has 0 aliphatic carbocycles. The highest BCUT2D eigenvalue weighted by molar-refractivity contribution is 6.30. The number of carbonyl (C=O) groups excluding carboxylic acids is 1. The first kappa shape index (κ1) is 13.4. The van der Waals surface area contributed by atoms with Crippen molar-refractivity contribution in [1.29, 1.82) is 0 Å². The Hall–Kier alpha value is -1.06. The van der Waals surface area contributed by atoms with E-state index < -0.39 is 0 Å². The van der Waals surface area contributed by atoms with Crippen LogP contribution in [0.2, 0.25) is 5.02 Å². The van der Waals surface area contributed by atoms with Crippen molar-refractivity contribution in [3.63, 3.8) is 0 Å². The summed E-state index contributed by atoms with van der Waals surface area (Å²) in [6, 6.07) is 7.53. The standard InChI is InChI=1S/C14H19ClN2O/c1-10-6-13(16)9-17(8-10)14(18)7-11-2-4-12(15)5-3-11/h2-5,10,13H,6-9,16H2,1H3. The average Bonchev–Trinajstić information content (AvgIpc) is 2.31. The van der Waals surface area contributed by atoms with Crippen LogP contribution in [0.1, 0.15) is 18.9 Å². The maximum Gasteiger partial charge on any atom is 0.227 e. The van der Waals surface area contributed by atoms with Gasteiger partial charge in [-0.1, -0.05) is 30.7 Å². The first-order valence-electron chi connectivity index (χ1n) is 6.32. The Labute approximate surface area is 113 Å². The zero-order chi connectivity index (χ0) is 13.1. The fourth-order valence-electron chi connectivity index (χ4n) is 2.49. The quantitative estimate of drug-likeness (QED) is 0.891. The number of hydrogen-bond donors (Lipinski definition) is 1. The zero-order valence-corrected chi connectivity index (χ0v) is 11.4. The minimum Gasteiger partial charge on any atom is -0.341 e. The van der Waals surface area contributed by atoms with Crippen LogP contribution in [0.5, 0.6) is 0 Å². The van der Waals surface area contributed by atoms with Crippen molar-refractivity contribution < 1.29 is 4.79 Å². The third-order valence-electron chi connectivity index (χ3n) is 3.31. The second-order valence-electron chi connectivity index (χ2n) is 5.20. The van der Waals surface area contributed by atoms with Crippen molar-refractivity contribution >= 4 is 17.5 Å². The van der Waals surface area contributed by atoms with Crippen LogP contribution >= 0.6 is 11.6 Å². The highest BCUT2D eigenvalue weighted by atomic mass is 35.5. The van der Waals surface area contributed by atoms with Crippen LogP contribution in [0, 0.1) is 5.92 Å². The van der Waals surface area contributed by atoms with E-state index in [-0.39, 0.29) is 11.9 Å². The van der Waals surface area contributed by atoms with Gasteiger partial charge in [0, 0.05) is 24.2 Å². The first-order chi connectivity index (χ1) is 8.54. The molecule has 2 N–H and O–H groups in total. The van der Waals surface area contributed by atoms with Crippen molar-refractivity contribution in [3.8, 4) is 0 Å². The van der Waals surface area contributed by atoms with Crippen molar-refractivity contribution in [2.75, 3.05) is 13.1 Å². The van der Waals surface area contributed by atoms with Gasteiger partial charge in [-0.15, -0.1) is 0 Å². The van der Waals surface area contributed by atoms with Crippen LogP contribution in [0.4, 0.5) is 0 Å². The highest BCUT2D eigenvalue weighted by Crippen LogP contribution is 2.17. The summed E-state index contributed by atoms with van der Waals surface area (Å²) < 4.78 is 0. The SMILES string of the molecule is CC1CC(N)CN(C(=O)Cc2ccc(Cl)cc2)C1. The summed E-state index contributed by atoms with van der Waals surface area (Å²) in [6.07, 6.45) is 1.43. The van der Waals surface area contributed by atoms with E-state index in [0.717, 1.165) is 18.5 Å². The van der Waals surface area contributed by atoms with E-state index in [1.807, 2.05) is 29.2 Å². The first-order valence-corrected chi connectivity index (χ1v) is 6.70. The summed E-state index contributed by atoms with van der Waals surface area (Å²) in [4.78, 5) is 14.1. The van der Waals surface area contributed by atoms with Gasteiger partial charge in [0.25, 0.3) is 0 Å². The minimum atomic E-state index is 0.114. The van der Waals surface area contributed by atoms with Crippen LogP contribution in [-0.2, 0) is 11.2 Å². The van der Waals surface area contributed by atoms with Crippen molar-refractivity contribution in [2.45, 2.75) is 25.8 Å². The molecular weight excluding hydrogens is 248 g/mol. The van der Waals surface area contributed by atoms with Gasteiger partial charge in [0.15, 0.2) is 0 Å². The number of nitrogens with zero attached hydrogens (tertiary/aromatic N) is 1. The number of halogens is 1. The number of benzene rings is 1. The number of likely N-dealkylation sites (tertiary alicyclic amines) is 1. The fraction of sp³-hybridized carbons (Fsp3) is 0.500. The number of amides is 1. The molecule has 0 aromatic heterocycles. The summed E-state index contributed by atoms with van der Waals surface area (Å²) in [6.45, 7) is 3.64. The van der Waals surface area contributed by atoms with Gasteiger partial charge in [-0.3, -0.25) is 4.79 Å². The Kier molecular flexibility index (Phi) is 4.25. The number of hydrogen-bond acceptors (Lipinski definition) is 2. The normalized spacial score (nSPS) is 24.1. The number of piperidine rings is 1. The molecule has 1 heterocycles. The molecule has 1 fully saturated rings. The lowest BCUT2D eigenvalue weighted by atomic mass is 9.96. The monoisotopic (exact) mass is 266 g/mol. The van der Waals surface area contributed by atoms with Crippen LogP contribution in [0.3, 0.4) is 0 Å². The van der Waals surface area contributed by atoms with Crippen LogP contribution in [-0.4, -0.2) is 29.9 Å². The molecule has 4 heteroatoms. The molecule has 2 rings (SSSR count). The Balaban J connectivity index is 1.97. The molecule has 1 aromatic carbocycles. The number of rotatable bonds is 2. The van der Waals surface area contributed by atoms with E-state index in [1.165, 1.54) is 0 Å². The summed E-state index contributed by atoms with van der Waals surface area (Å²) in [5.41, 5.74) is 6.95. The zero-order valence-electron chi connectivity index (χ0n) is 10.6. The van der Waals surface area contributed by atoms with Crippen LogP contribution < -0.4 is 5.73 Å². The van der Waals surface area contributed by atoms with E-state index >= 15 is 0 Å². The van der Waals surface area contributed by atoms with E-state index in [2.05, 4.69) is 6.92 Å². The number of carbonyl (C=O) groups is 1. The highest BCUT2D eigenvalue weighted by Gasteiger charge is 2.25. The maximum absolute atomic E-state index is 12.2. The van der Waals surface area contributed by atoms with Gasteiger partial charge < -0.3 is 10.6 Å². The molecule has 0 saturated carbocycles. The molecule has 1 aliphatic heterocycles. The van der Waals surface area contributed by atoms with Gasteiger partial charge in [0.05, 0.1) is 6.42 Å². The van der Waals surface area contributed by atoms with Gasteiger partial charge in [-0.05, 0) is 30.0 Å². The Morgan fingerprint density at radius 1 is 1.39 bits per heavy atom. The van der Waals surface area contributed by atoms with E-state index in [1.54, 1.807) is 0 Å². The molecule has 1 aromatic rings. The molecule has 3 nitrogen and oxygen atoms in total. The summed E-state index contributed by atoms with van der Waals surface area (Å²) in [5.74, 6) is 0.641. The second-order valence-corrected chi connectivity index (χ2v) is 5.64. The molecule has 2 unspecified atom stereocenters. The van der Waals surface area contributed by atoms with Gasteiger partial charge >= 0.3 is 0 Å². The molecule has 98 valence electrons. The largest absolute Gasteiger partial charge is 0.341 e. The van der Waals surface area contributed by atoms with Crippen LogP contribution in [0.25, 0.3) is 0 Å². The Morgan fingerprint density at radius 2 is 2.06 bits per heavy atom. The Bertz CT molecular complexity index is 408. The summed E-state index contributed by atoms with van der Waals surface area (Å²) >= 11 is 5.82. The third kappa shape index (κ3) is 3.47. The van der Waals surface area contributed by atoms with Gasteiger partial charge in [-0.2, -0.15) is 0 Å². The van der Waals surface area contributed by atoms with Gasteiger partial charge in [0.2, 0.25) is 5.91 Å². The lowest BCUT2D eigenvalue weighted by Gasteiger charge is -2.34. The van der Waals surface area contributed by atoms with E-state index in [9.17, 15) is 4.79 Å². The topological polar surface area (TPSA) is 46.3 Å². The fourth-order valence-corrected chi connectivity index (χ4v) is 2.62. The molecule has 0 spiro atoms. The van der Waals surface area contributed by atoms with Crippen molar-refractivity contribution in [3.05, 3.63) is 34.9 Å². The van der Waals surface area contributed by atoms with Crippen LogP contribution in [0.15, 0.2) is 24.3 Å². The lowest BCUT2D eigenvalue weighted by molar-refractivity contribution is -0.132. The third-order valence-corrected chi connectivity index (χ3v) is 3.57. The van der Waals surface area contributed by atoms with Gasteiger partial charge in [0.1, 0.15) is 0 Å². The molecule has 1 amide bonds. The molecule has 1 aliphatic rings. The summed E-state index contributed by atoms with van der Waals surface area (Å²) in [7, 11) is 0. The smallest absolute Gasteiger partial charge is 0.227 e. The number of nitrogens with two attached hydrogens (primary N) is 1. The molecule has 1 saturated heterocycles. The predicted octanol–water partition coefficient (Wildman–Crippen LogP) is 2.08. The molecule has 18 heavy (non-hydrogen) atoms. The summed E-state index contributed by atoms with van der Waals surface area (Å²) in [5, 5.41) is 0.694. The Morgan fingerprint density at radius 3 is 2.67 bits per heavy atom. The molecule has 0 bridgehead atoms. The second kappa shape index (κ2) is 5.72. The lowest BCUT2D eigenvalue weighted by Crippen LogP contribution is -2.49. The minimum absolute atomic E-state index is 0.114. The van der Waals surface area contributed by atoms with Gasteiger partial charge in [-0.25, -0.2) is 0 Å². The van der Waals surface area contributed by atoms with Crippen molar-refractivity contribution in [1.82, 2.24) is 4.90 Å².